The summed E-state index contributed by atoms with van der Waals surface area (Å²) in [4.78, 5) is 4.12. The van der Waals surface area contributed by atoms with Gasteiger partial charge < -0.3 is 4.98 Å². The standard InChI is InChI=1S/C11H7FN.C6H16O3P.ClH.Pt/c12-10-6-4-9(5-7-10)11-3-1-2-8-13-11;1-4-7-10(8-5-2)9-6-3;;/h1-4,6-8H;10H,4-6H2,1-3H3;1H;/q-1;+1;;+2/p-1. The zero-order valence-electron chi connectivity index (χ0n) is 14.4. The molecule has 0 saturated carbocycles. The molecule has 2 rings (SSSR count). The number of hydrogen-bond donors (Lipinski definition) is 0. The van der Waals surface area contributed by atoms with Crippen molar-refractivity contribution in [2.45, 2.75) is 20.8 Å². The van der Waals surface area contributed by atoms with E-state index in [1.165, 1.54) is 12.1 Å². The number of benzene rings is 1. The Balaban J connectivity index is 0.000000434. The van der Waals surface area contributed by atoms with Crippen molar-refractivity contribution in [3.63, 3.8) is 0 Å². The second-order valence-electron chi connectivity index (χ2n) is 4.18. The van der Waals surface area contributed by atoms with Crippen molar-refractivity contribution < 1.29 is 36.7 Å². The monoisotopic (exact) mass is 569 g/mol. The van der Waals surface area contributed by atoms with Gasteiger partial charge in [-0.1, -0.05) is 12.1 Å². The van der Waals surface area contributed by atoms with E-state index in [9.17, 15) is 4.39 Å². The van der Waals surface area contributed by atoms with E-state index in [2.05, 4.69) is 20.5 Å². The third kappa shape index (κ3) is 11.7. The van der Waals surface area contributed by atoms with Gasteiger partial charge in [-0.05, 0) is 32.5 Å². The predicted octanol–water partition coefficient (Wildman–Crippen LogP) is 5.43. The van der Waals surface area contributed by atoms with Gasteiger partial charge in [0.05, 0.1) is 19.8 Å². The van der Waals surface area contributed by atoms with Crippen molar-refractivity contribution in [2.24, 2.45) is 0 Å². The quantitative estimate of drug-likeness (QED) is 0.329. The van der Waals surface area contributed by atoms with Gasteiger partial charge in [-0.2, -0.15) is 13.6 Å². The molecule has 1 aromatic carbocycles. The Labute approximate surface area is 165 Å². The first-order chi connectivity index (χ1) is 12.2. The van der Waals surface area contributed by atoms with Crippen LogP contribution < -0.4 is 0 Å². The SMILES string of the molecule is CCO[PH+](OCC)OCC.Fc1c[c-]c(-c2ccccn2)cc1.[Cl][Pt+]. The van der Waals surface area contributed by atoms with Gasteiger partial charge in [0.15, 0.2) is 0 Å². The first-order valence-corrected chi connectivity index (χ1v) is 11.7. The molecule has 25 heavy (non-hydrogen) atoms. The number of nitrogens with zero attached hydrogens (tertiary/aromatic N) is 1. The fourth-order valence-electron chi connectivity index (χ4n) is 1.57. The molecule has 0 amide bonds. The van der Waals surface area contributed by atoms with Crippen LogP contribution in [0.15, 0.2) is 42.6 Å². The minimum atomic E-state index is -1.40. The summed E-state index contributed by atoms with van der Waals surface area (Å²) < 4.78 is 28.1. The van der Waals surface area contributed by atoms with E-state index in [1.807, 2.05) is 39.0 Å². The van der Waals surface area contributed by atoms with Crippen LogP contribution in [-0.4, -0.2) is 24.8 Å². The number of rotatable bonds is 7. The van der Waals surface area contributed by atoms with Gasteiger partial charge in [-0.3, -0.25) is 4.39 Å². The summed E-state index contributed by atoms with van der Waals surface area (Å²) in [6.07, 6.45) is 1.70. The van der Waals surface area contributed by atoms with Crippen molar-refractivity contribution in [1.82, 2.24) is 4.98 Å². The van der Waals surface area contributed by atoms with Crippen LogP contribution in [0.5, 0.6) is 0 Å². The average Bonchev–Trinajstić information content (AvgIpc) is 2.66. The van der Waals surface area contributed by atoms with E-state index in [0.717, 1.165) is 11.3 Å². The predicted molar refractivity (Wildman–Crippen MR) is 97.5 cm³/mol. The van der Waals surface area contributed by atoms with Crippen molar-refractivity contribution in [1.29, 1.82) is 0 Å². The van der Waals surface area contributed by atoms with Gasteiger partial charge in [0.1, 0.15) is 0 Å². The van der Waals surface area contributed by atoms with Crippen LogP contribution in [0.3, 0.4) is 0 Å². The van der Waals surface area contributed by atoms with Crippen molar-refractivity contribution >= 4 is 18.0 Å². The number of hydrogen-bond acceptors (Lipinski definition) is 4. The van der Waals surface area contributed by atoms with Crippen LogP contribution in [0.1, 0.15) is 20.8 Å². The first kappa shape index (κ1) is 24.6. The van der Waals surface area contributed by atoms with Gasteiger partial charge in [0.25, 0.3) is 0 Å². The van der Waals surface area contributed by atoms with Crippen LogP contribution in [0.4, 0.5) is 4.39 Å². The summed E-state index contributed by atoms with van der Waals surface area (Å²) in [5.74, 6) is -0.278. The Hall–Kier alpha value is -0.412. The Morgan fingerprint density at radius 3 is 2.04 bits per heavy atom. The summed E-state index contributed by atoms with van der Waals surface area (Å²) in [5, 5.41) is 0. The summed E-state index contributed by atoms with van der Waals surface area (Å²) in [7, 11) is 3.21. The van der Waals surface area contributed by atoms with Gasteiger partial charge in [-0.25, -0.2) is 0 Å². The molecule has 0 atom stereocenters. The molecule has 8 heteroatoms. The van der Waals surface area contributed by atoms with Crippen LogP contribution in [0, 0.1) is 11.9 Å². The molecule has 0 fully saturated rings. The topological polar surface area (TPSA) is 40.6 Å². The molecule has 0 aliphatic rings. The van der Waals surface area contributed by atoms with Crippen molar-refractivity contribution in [2.75, 3.05) is 19.8 Å². The molecule has 142 valence electrons. The van der Waals surface area contributed by atoms with Gasteiger partial charge in [-0.15, -0.1) is 29.8 Å². The molecular weight excluding hydrogens is 547 g/mol. The van der Waals surface area contributed by atoms with Gasteiger partial charge >= 0.3 is 36.8 Å². The Morgan fingerprint density at radius 1 is 1.04 bits per heavy atom. The molecule has 0 spiro atoms. The molecule has 0 aliphatic carbocycles. The molecule has 0 saturated heterocycles. The summed E-state index contributed by atoms with van der Waals surface area (Å²) in [6, 6.07) is 12.8. The van der Waals surface area contributed by atoms with E-state index < -0.39 is 8.60 Å². The van der Waals surface area contributed by atoms with E-state index in [-0.39, 0.29) is 5.82 Å². The number of halogens is 2. The van der Waals surface area contributed by atoms with Crippen LogP contribution >= 0.6 is 18.0 Å². The van der Waals surface area contributed by atoms with Gasteiger partial charge in [0.2, 0.25) is 0 Å². The van der Waals surface area contributed by atoms with E-state index >= 15 is 0 Å². The summed E-state index contributed by atoms with van der Waals surface area (Å²) in [6.45, 7) is 7.78. The van der Waals surface area contributed by atoms with Crippen LogP contribution in [-0.2, 0) is 32.3 Å². The molecule has 0 aliphatic heterocycles. The Morgan fingerprint density at radius 2 is 1.64 bits per heavy atom. The van der Waals surface area contributed by atoms with Crippen molar-refractivity contribution in [3.8, 4) is 11.3 Å². The molecule has 1 aromatic heterocycles. The maximum absolute atomic E-state index is 12.6. The van der Waals surface area contributed by atoms with Crippen LogP contribution in [0.2, 0.25) is 0 Å². The molecule has 0 unspecified atom stereocenters. The number of aromatic nitrogens is 1. The zero-order valence-corrected chi connectivity index (χ0v) is 18.4. The van der Waals surface area contributed by atoms with E-state index in [4.69, 9.17) is 13.6 Å². The van der Waals surface area contributed by atoms with Crippen molar-refractivity contribution in [3.05, 3.63) is 54.5 Å². The maximum atomic E-state index is 12.6. The third-order valence-electron chi connectivity index (χ3n) is 2.50. The Kier molecular flexibility index (Phi) is 16.7. The second kappa shape index (κ2) is 17.0. The fraction of sp³-hybridized carbons (Fsp3) is 0.353. The van der Waals surface area contributed by atoms with Gasteiger partial charge in [0, 0.05) is 12.0 Å². The average molecular weight is 570 g/mol. The molecular formula is C17H23ClFNO3PPt+. The third-order valence-corrected chi connectivity index (χ3v) is 4.08. The van der Waals surface area contributed by atoms with E-state index in [0.29, 0.717) is 19.8 Å². The zero-order chi connectivity index (χ0) is 18.9. The van der Waals surface area contributed by atoms with E-state index in [1.54, 1.807) is 31.0 Å². The number of pyridine rings is 1. The first-order valence-electron chi connectivity index (χ1n) is 7.67. The normalized spacial score (nSPS) is 9.76. The minimum absolute atomic E-state index is 0.278. The summed E-state index contributed by atoms with van der Waals surface area (Å²) in [5.41, 5.74) is 1.62. The molecule has 1 heterocycles. The Bertz CT molecular complexity index is 523. The molecule has 0 radical (unpaired) electrons. The second-order valence-corrected chi connectivity index (χ2v) is 5.55. The molecule has 0 bridgehead atoms. The van der Waals surface area contributed by atoms with Crippen LogP contribution in [0.25, 0.3) is 11.3 Å². The molecule has 0 N–H and O–H groups in total. The fourth-order valence-corrected chi connectivity index (χ4v) is 2.52. The molecule has 4 nitrogen and oxygen atoms in total. The summed E-state index contributed by atoms with van der Waals surface area (Å²) >= 11 is 1.61. The molecule has 2 aromatic rings.